The van der Waals surface area contributed by atoms with Crippen molar-refractivity contribution in [3.8, 4) is 0 Å². The van der Waals surface area contributed by atoms with Crippen molar-refractivity contribution in [2.45, 2.75) is 19.3 Å². The smallest absolute Gasteiger partial charge is 0.277 e. The summed E-state index contributed by atoms with van der Waals surface area (Å²) in [6, 6.07) is 7.68. The number of amides is 1. The Morgan fingerprint density at radius 1 is 1.15 bits per heavy atom. The molecule has 6 nitrogen and oxygen atoms in total. The van der Waals surface area contributed by atoms with E-state index in [2.05, 4.69) is 25.7 Å². The first kappa shape index (κ1) is 11.2. The van der Waals surface area contributed by atoms with Gasteiger partial charge in [-0.05, 0) is 31.4 Å². The maximum absolute atomic E-state index is 12.3. The summed E-state index contributed by atoms with van der Waals surface area (Å²) in [5, 5.41) is 17.8. The summed E-state index contributed by atoms with van der Waals surface area (Å²) in [5.74, 6) is 0.335. The first-order chi connectivity index (χ1) is 9.83. The molecular weight excluding hydrogens is 254 g/mol. The van der Waals surface area contributed by atoms with E-state index >= 15 is 0 Å². The standard InChI is InChI=1S/C14H13N5O/c20-14(12-8-5-3-7-10(8)16-18-12)15-13-9-4-1-2-6-11(9)17-19-13/h1-2,4,6H,3,5,7H2,(H,16,18)(H2,15,17,19,20). The molecule has 2 heterocycles. The SMILES string of the molecule is O=C(Nc1n[nH]c2ccccc12)c1n[nH]c2c1CCC2. The third-order valence-electron chi connectivity index (χ3n) is 3.72. The van der Waals surface area contributed by atoms with Gasteiger partial charge < -0.3 is 5.32 Å². The average molecular weight is 267 g/mol. The number of para-hydroxylation sites is 1. The number of nitrogens with zero attached hydrogens (tertiary/aromatic N) is 2. The zero-order valence-electron chi connectivity index (χ0n) is 10.7. The molecule has 0 atom stereocenters. The molecular formula is C14H13N5O. The Morgan fingerprint density at radius 2 is 2.05 bits per heavy atom. The van der Waals surface area contributed by atoms with Gasteiger partial charge in [0.15, 0.2) is 11.5 Å². The number of carbonyl (C=O) groups is 1. The molecule has 3 aromatic rings. The maximum Gasteiger partial charge on any atom is 0.277 e. The van der Waals surface area contributed by atoms with Gasteiger partial charge in [-0.15, -0.1) is 0 Å². The molecule has 0 unspecified atom stereocenters. The fourth-order valence-corrected chi connectivity index (χ4v) is 2.73. The number of H-pyrrole nitrogens is 2. The normalized spacial score (nSPS) is 13.6. The molecule has 20 heavy (non-hydrogen) atoms. The molecule has 0 radical (unpaired) electrons. The number of aromatic amines is 2. The van der Waals surface area contributed by atoms with Crippen LogP contribution < -0.4 is 5.32 Å². The van der Waals surface area contributed by atoms with Gasteiger partial charge in [0.1, 0.15) is 0 Å². The first-order valence-electron chi connectivity index (χ1n) is 6.63. The lowest BCUT2D eigenvalue weighted by Crippen LogP contribution is -2.14. The fourth-order valence-electron chi connectivity index (χ4n) is 2.73. The van der Waals surface area contributed by atoms with Gasteiger partial charge in [-0.2, -0.15) is 10.2 Å². The number of rotatable bonds is 2. The third-order valence-corrected chi connectivity index (χ3v) is 3.72. The molecule has 6 heteroatoms. The van der Waals surface area contributed by atoms with E-state index < -0.39 is 0 Å². The molecule has 0 fully saturated rings. The Balaban J connectivity index is 1.67. The molecule has 0 bridgehead atoms. The van der Waals surface area contributed by atoms with Crippen LogP contribution in [-0.2, 0) is 12.8 Å². The maximum atomic E-state index is 12.3. The summed E-state index contributed by atoms with van der Waals surface area (Å²) in [6.07, 6.45) is 2.96. The van der Waals surface area contributed by atoms with Crippen LogP contribution >= 0.6 is 0 Å². The molecule has 1 aliphatic rings. The lowest BCUT2D eigenvalue weighted by atomic mass is 10.2. The lowest BCUT2D eigenvalue weighted by molar-refractivity contribution is 0.102. The third kappa shape index (κ3) is 1.61. The Morgan fingerprint density at radius 3 is 3.00 bits per heavy atom. The summed E-state index contributed by atoms with van der Waals surface area (Å²) < 4.78 is 0. The summed E-state index contributed by atoms with van der Waals surface area (Å²) in [7, 11) is 0. The highest BCUT2D eigenvalue weighted by atomic mass is 16.2. The predicted molar refractivity (Wildman–Crippen MR) is 74.7 cm³/mol. The van der Waals surface area contributed by atoms with Crippen LogP contribution in [0.2, 0.25) is 0 Å². The largest absolute Gasteiger partial charge is 0.303 e. The summed E-state index contributed by atoms with van der Waals surface area (Å²) >= 11 is 0. The molecule has 4 rings (SSSR count). The molecule has 0 saturated carbocycles. The molecule has 1 amide bonds. The monoisotopic (exact) mass is 267 g/mol. The van der Waals surface area contributed by atoms with Crippen LogP contribution in [0.4, 0.5) is 5.82 Å². The van der Waals surface area contributed by atoms with E-state index in [-0.39, 0.29) is 5.91 Å². The van der Waals surface area contributed by atoms with Crippen molar-refractivity contribution >= 4 is 22.6 Å². The zero-order valence-corrected chi connectivity index (χ0v) is 10.7. The average Bonchev–Trinajstić information content (AvgIpc) is 3.13. The van der Waals surface area contributed by atoms with Crippen molar-refractivity contribution in [1.29, 1.82) is 0 Å². The van der Waals surface area contributed by atoms with Crippen LogP contribution in [0.5, 0.6) is 0 Å². The number of hydrogen-bond acceptors (Lipinski definition) is 3. The highest BCUT2D eigenvalue weighted by molar-refractivity contribution is 6.07. The molecule has 100 valence electrons. The quantitative estimate of drug-likeness (QED) is 0.664. The van der Waals surface area contributed by atoms with Gasteiger partial charge in [0.2, 0.25) is 0 Å². The molecule has 0 saturated heterocycles. The van der Waals surface area contributed by atoms with Crippen LogP contribution in [0.3, 0.4) is 0 Å². The van der Waals surface area contributed by atoms with Crippen LogP contribution in [0.25, 0.3) is 10.9 Å². The number of benzene rings is 1. The van der Waals surface area contributed by atoms with Crippen molar-refractivity contribution in [2.24, 2.45) is 0 Å². The van der Waals surface area contributed by atoms with Crippen LogP contribution in [-0.4, -0.2) is 26.3 Å². The number of anilines is 1. The van der Waals surface area contributed by atoms with Crippen LogP contribution in [0.15, 0.2) is 24.3 Å². The second-order valence-electron chi connectivity index (χ2n) is 4.95. The zero-order chi connectivity index (χ0) is 13.5. The van der Waals surface area contributed by atoms with Gasteiger partial charge in [0.25, 0.3) is 5.91 Å². The van der Waals surface area contributed by atoms with Crippen molar-refractivity contribution in [3.63, 3.8) is 0 Å². The lowest BCUT2D eigenvalue weighted by Gasteiger charge is -2.01. The van der Waals surface area contributed by atoms with Gasteiger partial charge in [-0.3, -0.25) is 15.0 Å². The molecule has 1 aliphatic carbocycles. The predicted octanol–water partition coefficient (Wildman–Crippen LogP) is 2.03. The minimum absolute atomic E-state index is 0.207. The number of aryl methyl sites for hydroxylation is 1. The van der Waals surface area contributed by atoms with E-state index in [1.807, 2.05) is 24.3 Å². The summed E-state index contributed by atoms with van der Waals surface area (Å²) in [5.41, 5.74) is 3.52. The minimum Gasteiger partial charge on any atom is -0.303 e. The van der Waals surface area contributed by atoms with Gasteiger partial charge >= 0.3 is 0 Å². The summed E-state index contributed by atoms with van der Waals surface area (Å²) in [4.78, 5) is 12.3. The van der Waals surface area contributed by atoms with Gasteiger partial charge in [0, 0.05) is 16.6 Å². The fraction of sp³-hybridized carbons (Fsp3) is 0.214. The number of carbonyl (C=O) groups excluding carboxylic acids is 1. The first-order valence-corrected chi connectivity index (χ1v) is 6.63. The summed E-state index contributed by atoms with van der Waals surface area (Å²) in [6.45, 7) is 0. The Hall–Kier alpha value is -2.63. The van der Waals surface area contributed by atoms with Crippen LogP contribution in [0.1, 0.15) is 28.2 Å². The molecule has 0 aliphatic heterocycles. The van der Waals surface area contributed by atoms with Gasteiger partial charge in [-0.1, -0.05) is 12.1 Å². The van der Waals surface area contributed by atoms with E-state index in [1.54, 1.807) is 0 Å². The topological polar surface area (TPSA) is 86.5 Å². The van der Waals surface area contributed by atoms with Crippen molar-refractivity contribution in [2.75, 3.05) is 5.32 Å². The Kier molecular flexibility index (Phi) is 2.35. The van der Waals surface area contributed by atoms with E-state index in [9.17, 15) is 4.79 Å². The number of nitrogens with one attached hydrogen (secondary N) is 3. The van der Waals surface area contributed by atoms with E-state index in [1.165, 1.54) is 0 Å². The molecule has 1 aromatic carbocycles. The minimum atomic E-state index is -0.207. The number of aromatic nitrogens is 4. The van der Waals surface area contributed by atoms with Crippen molar-refractivity contribution < 1.29 is 4.79 Å². The van der Waals surface area contributed by atoms with Gasteiger partial charge in [-0.25, -0.2) is 0 Å². The van der Waals surface area contributed by atoms with Gasteiger partial charge in [0.05, 0.1) is 5.52 Å². The highest BCUT2D eigenvalue weighted by Gasteiger charge is 2.23. The van der Waals surface area contributed by atoms with Crippen LogP contribution in [0, 0.1) is 0 Å². The Bertz CT molecular complexity index is 801. The highest BCUT2D eigenvalue weighted by Crippen LogP contribution is 2.24. The molecule has 3 N–H and O–H groups in total. The second kappa shape index (κ2) is 4.19. The Labute approximate surface area is 114 Å². The number of hydrogen-bond donors (Lipinski definition) is 3. The second-order valence-corrected chi connectivity index (χ2v) is 4.95. The molecule has 2 aromatic heterocycles. The molecule has 0 spiro atoms. The van der Waals surface area contributed by atoms with E-state index in [0.29, 0.717) is 11.5 Å². The van der Waals surface area contributed by atoms with E-state index in [4.69, 9.17) is 0 Å². The number of fused-ring (bicyclic) bond motifs is 2. The van der Waals surface area contributed by atoms with Crippen molar-refractivity contribution in [3.05, 3.63) is 41.2 Å². The van der Waals surface area contributed by atoms with Crippen molar-refractivity contribution in [1.82, 2.24) is 20.4 Å². The van der Waals surface area contributed by atoms with E-state index in [0.717, 1.165) is 41.4 Å².